The Balaban J connectivity index is 3.46. The molecule has 0 bridgehead atoms. The lowest BCUT2D eigenvalue weighted by molar-refractivity contribution is -0.214. The molecule has 2 N–H and O–H groups in total. The van der Waals surface area contributed by atoms with Crippen molar-refractivity contribution in [3.63, 3.8) is 0 Å². The molecule has 0 amide bonds. The zero-order valence-corrected chi connectivity index (χ0v) is 8.60. The maximum atomic E-state index is 12.0. The maximum absolute atomic E-state index is 12.0. The lowest BCUT2D eigenvalue weighted by atomic mass is 10.1. The first-order valence-electron chi connectivity index (χ1n) is 4.81. The Morgan fingerprint density at radius 1 is 1.36 bits per heavy atom. The molecule has 0 aromatic carbocycles. The van der Waals surface area contributed by atoms with Crippen molar-refractivity contribution in [2.45, 2.75) is 51.4 Å². The maximum Gasteiger partial charge on any atom is 0.414 e. The SMILES string of the molecule is CCC(N)CCCOC(C)C(F)(F)F. The minimum Gasteiger partial charge on any atom is -0.369 e. The van der Waals surface area contributed by atoms with E-state index in [1.165, 1.54) is 0 Å². The average molecular weight is 213 g/mol. The summed E-state index contributed by atoms with van der Waals surface area (Å²) in [5.41, 5.74) is 5.60. The van der Waals surface area contributed by atoms with E-state index in [9.17, 15) is 13.2 Å². The van der Waals surface area contributed by atoms with Crippen molar-refractivity contribution in [3.05, 3.63) is 0 Å². The number of halogens is 3. The highest BCUT2D eigenvalue weighted by molar-refractivity contribution is 4.62. The van der Waals surface area contributed by atoms with E-state index in [1.54, 1.807) is 0 Å². The highest BCUT2D eigenvalue weighted by Crippen LogP contribution is 2.22. The summed E-state index contributed by atoms with van der Waals surface area (Å²) in [7, 11) is 0. The van der Waals surface area contributed by atoms with E-state index in [4.69, 9.17) is 5.73 Å². The van der Waals surface area contributed by atoms with Gasteiger partial charge in [0.05, 0.1) is 0 Å². The Morgan fingerprint density at radius 3 is 2.36 bits per heavy atom. The highest BCUT2D eigenvalue weighted by Gasteiger charge is 2.36. The van der Waals surface area contributed by atoms with Crippen LogP contribution >= 0.6 is 0 Å². The first-order valence-corrected chi connectivity index (χ1v) is 4.81. The first-order chi connectivity index (χ1) is 6.38. The van der Waals surface area contributed by atoms with Gasteiger partial charge in [0, 0.05) is 12.6 Å². The van der Waals surface area contributed by atoms with Gasteiger partial charge in [0.25, 0.3) is 0 Å². The molecule has 0 aromatic heterocycles. The van der Waals surface area contributed by atoms with Crippen molar-refractivity contribution in [2.24, 2.45) is 5.73 Å². The molecule has 14 heavy (non-hydrogen) atoms. The van der Waals surface area contributed by atoms with E-state index >= 15 is 0 Å². The van der Waals surface area contributed by atoms with Crippen molar-refractivity contribution in [3.8, 4) is 0 Å². The minimum atomic E-state index is -4.26. The van der Waals surface area contributed by atoms with E-state index in [2.05, 4.69) is 4.74 Å². The van der Waals surface area contributed by atoms with Gasteiger partial charge in [0.2, 0.25) is 0 Å². The van der Waals surface area contributed by atoms with Crippen LogP contribution in [0.3, 0.4) is 0 Å². The van der Waals surface area contributed by atoms with Crippen LogP contribution in [0.1, 0.15) is 33.1 Å². The van der Waals surface area contributed by atoms with Crippen molar-refractivity contribution < 1.29 is 17.9 Å². The summed E-state index contributed by atoms with van der Waals surface area (Å²) in [6.07, 6.45) is -3.81. The van der Waals surface area contributed by atoms with Crippen LogP contribution < -0.4 is 5.73 Å². The number of hydrogen-bond donors (Lipinski definition) is 1. The topological polar surface area (TPSA) is 35.2 Å². The fourth-order valence-corrected chi connectivity index (χ4v) is 0.904. The zero-order valence-electron chi connectivity index (χ0n) is 8.60. The molecule has 0 aromatic rings. The van der Waals surface area contributed by atoms with Gasteiger partial charge < -0.3 is 10.5 Å². The smallest absolute Gasteiger partial charge is 0.369 e. The fraction of sp³-hybridized carbons (Fsp3) is 1.00. The molecule has 0 heterocycles. The van der Waals surface area contributed by atoms with E-state index in [-0.39, 0.29) is 12.6 Å². The largest absolute Gasteiger partial charge is 0.414 e. The second-order valence-corrected chi connectivity index (χ2v) is 3.37. The Morgan fingerprint density at radius 2 is 1.93 bits per heavy atom. The third-order valence-electron chi connectivity index (χ3n) is 2.07. The second-order valence-electron chi connectivity index (χ2n) is 3.37. The molecule has 5 heteroatoms. The monoisotopic (exact) mass is 213 g/mol. The quantitative estimate of drug-likeness (QED) is 0.688. The van der Waals surface area contributed by atoms with Gasteiger partial charge in [-0.25, -0.2) is 0 Å². The molecule has 0 aliphatic carbocycles. The van der Waals surface area contributed by atoms with Gasteiger partial charge in [-0.3, -0.25) is 0 Å². The minimum absolute atomic E-state index is 0.0693. The Labute approximate surface area is 82.6 Å². The predicted octanol–water partition coefficient (Wildman–Crippen LogP) is 2.47. The highest BCUT2D eigenvalue weighted by atomic mass is 19.4. The number of nitrogens with two attached hydrogens (primary N) is 1. The molecule has 2 atom stereocenters. The Kier molecular flexibility index (Phi) is 6.11. The number of hydrogen-bond acceptors (Lipinski definition) is 2. The molecule has 0 rings (SSSR count). The molecule has 0 radical (unpaired) electrons. The number of rotatable bonds is 6. The van der Waals surface area contributed by atoms with Crippen LogP contribution in [0.4, 0.5) is 13.2 Å². The molecule has 0 aliphatic rings. The molecule has 0 saturated carbocycles. The van der Waals surface area contributed by atoms with Crippen molar-refractivity contribution in [2.75, 3.05) is 6.61 Å². The van der Waals surface area contributed by atoms with Gasteiger partial charge in [0.15, 0.2) is 6.10 Å². The lowest BCUT2D eigenvalue weighted by Crippen LogP contribution is -2.29. The molecular weight excluding hydrogens is 195 g/mol. The molecule has 2 unspecified atom stereocenters. The molecule has 0 spiro atoms. The van der Waals surface area contributed by atoms with Crippen LogP contribution in [-0.2, 0) is 4.74 Å². The molecular formula is C9H18F3NO. The summed E-state index contributed by atoms with van der Waals surface area (Å²) in [5.74, 6) is 0. The molecule has 0 fully saturated rings. The number of alkyl halides is 3. The fourth-order valence-electron chi connectivity index (χ4n) is 0.904. The van der Waals surface area contributed by atoms with Crippen LogP contribution in [0, 0.1) is 0 Å². The third-order valence-corrected chi connectivity index (χ3v) is 2.07. The average Bonchev–Trinajstić information content (AvgIpc) is 2.09. The van der Waals surface area contributed by atoms with Gasteiger partial charge >= 0.3 is 6.18 Å². The zero-order chi connectivity index (χ0) is 11.2. The van der Waals surface area contributed by atoms with Crippen molar-refractivity contribution >= 4 is 0 Å². The van der Waals surface area contributed by atoms with Crippen LogP contribution in [-0.4, -0.2) is 24.9 Å². The summed E-state index contributed by atoms with van der Waals surface area (Å²) in [5, 5.41) is 0. The van der Waals surface area contributed by atoms with E-state index in [0.29, 0.717) is 12.8 Å². The Bertz CT molecular complexity index is 149. The summed E-state index contributed by atoms with van der Waals surface area (Å²) in [6.45, 7) is 3.08. The van der Waals surface area contributed by atoms with Crippen LogP contribution in [0.15, 0.2) is 0 Å². The molecule has 2 nitrogen and oxygen atoms in total. The van der Waals surface area contributed by atoms with Crippen LogP contribution in [0.5, 0.6) is 0 Å². The summed E-state index contributed by atoms with van der Waals surface area (Å²) in [6, 6.07) is 0.0693. The lowest BCUT2D eigenvalue weighted by Gasteiger charge is -2.16. The van der Waals surface area contributed by atoms with Crippen LogP contribution in [0.25, 0.3) is 0 Å². The van der Waals surface area contributed by atoms with Crippen LogP contribution in [0.2, 0.25) is 0 Å². The van der Waals surface area contributed by atoms with Gasteiger partial charge in [-0.1, -0.05) is 6.92 Å². The van der Waals surface area contributed by atoms with Gasteiger partial charge in [-0.2, -0.15) is 13.2 Å². The van der Waals surface area contributed by atoms with Gasteiger partial charge in [-0.05, 0) is 26.2 Å². The summed E-state index contributed by atoms with van der Waals surface area (Å²) < 4.78 is 40.5. The predicted molar refractivity (Wildman–Crippen MR) is 49.0 cm³/mol. The second kappa shape index (κ2) is 6.24. The molecule has 0 saturated heterocycles. The van der Waals surface area contributed by atoms with Crippen molar-refractivity contribution in [1.29, 1.82) is 0 Å². The van der Waals surface area contributed by atoms with E-state index in [1.807, 2.05) is 6.92 Å². The standard InChI is InChI=1S/C9H18F3NO/c1-3-8(13)5-4-6-14-7(2)9(10,11)12/h7-8H,3-6,13H2,1-2H3. The summed E-state index contributed by atoms with van der Waals surface area (Å²) in [4.78, 5) is 0. The summed E-state index contributed by atoms with van der Waals surface area (Å²) >= 11 is 0. The van der Waals surface area contributed by atoms with E-state index < -0.39 is 12.3 Å². The van der Waals surface area contributed by atoms with E-state index in [0.717, 1.165) is 13.3 Å². The number of ether oxygens (including phenoxy) is 1. The normalized spacial score (nSPS) is 16.7. The van der Waals surface area contributed by atoms with Gasteiger partial charge in [-0.15, -0.1) is 0 Å². The third kappa shape index (κ3) is 6.21. The Hall–Kier alpha value is -0.290. The van der Waals surface area contributed by atoms with Gasteiger partial charge in [0.1, 0.15) is 0 Å². The first kappa shape index (κ1) is 13.7. The molecule has 86 valence electrons. The molecule has 0 aliphatic heterocycles. The van der Waals surface area contributed by atoms with Crippen molar-refractivity contribution in [1.82, 2.24) is 0 Å².